The van der Waals surface area contributed by atoms with Gasteiger partial charge < -0.3 is 10.5 Å². The van der Waals surface area contributed by atoms with E-state index in [1.54, 1.807) is 0 Å². The number of hydrogen-bond donors (Lipinski definition) is 2. The van der Waals surface area contributed by atoms with Crippen LogP contribution in [0.25, 0.3) is 0 Å². The molecular weight excluding hydrogens is 197 g/mol. The highest BCUT2D eigenvalue weighted by atomic mass is 19.4. The van der Waals surface area contributed by atoms with Crippen LogP contribution in [0.1, 0.15) is 13.8 Å². The van der Waals surface area contributed by atoms with Crippen molar-refractivity contribution in [2.24, 2.45) is 11.1 Å². The zero-order valence-corrected chi connectivity index (χ0v) is 7.98. The van der Waals surface area contributed by atoms with Crippen LogP contribution in [-0.2, 0) is 4.74 Å². The smallest absolute Gasteiger partial charge is 0.397 e. The summed E-state index contributed by atoms with van der Waals surface area (Å²) in [6.45, 7) is 1.42. The van der Waals surface area contributed by atoms with Gasteiger partial charge in [0.1, 0.15) is 6.61 Å². The van der Waals surface area contributed by atoms with Crippen molar-refractivity contribution in [2.75, 3.05) is 6.61 Å². The number of rotatable bonds is 3. The molecule has 3 N–H and O–H groups in total. The number of nitrogens with two attached hydrogens (primary N) is 1. The Balaban J connectivity index is 4.19. The SMILES string of the molecule is CC(C)(COC(=N)/C=C\N)C(F)(F)F. The molecule has 0 aliphatic rings. The highest BCUT2D eigenvalue weighted by molar-refractivity contribution is 5.84. The van der Waals surface area contributed by atoms with E-state index in [2.05, 4.69) is 4.74 Å². The molecular formula is C8H13F3N2O. The van der Waals surface area contributed by atoms with Crippen LogP contribution in [0.4, 0.5) is 13.2 Å². The molecule has 0 unspecified atom stereocenters. The maximum Gasteiger partial charge on any atom is 0.397 e. The molecule has 0 saturated carbocycles. The predicted molar refractivity (Wildman–Crippen MR) is 46.8 cm³/mol. The molecule has 0 aromatic carbocycles. The van der Waals surface area contributed by atoms with Crippen molar-refractivity contribution in [3.63, 3.8) is 0 Å². The third kappa shape index (κ3) is 3.68. The lowest BCUT2D eigenvalue weighted by atomic mass is 9.94. The van der Waals surface area contributed by atoms with E-state index < -0.39 is 18.2 Å². The van der Waals surface area contributed by atoms with Crippen LogP contribution in [0.2, 0.25) is 0 Å². The molecule has 82 valence electrons. The fraction of sp³-hybridized carbons (Fsp3) is 0.625. The molecule has 0 saturated heterocycles. The molecule has 0 aromatic rings. The van der Waals surface area contributed by atoms with Crippen molar-refractivity contribution in [3.05, 3.63) is 12.3 Å². The van der Waals surface area contributed by atoms with Gasteiger partial charge in [0.05, 0.1) is 5.41 Å². The third-order valence-corrected chi connectivity index (χ3v) is 1.60. The number of alkyl halides is 3. The van der Waals surface area contributed by atoms with Crippen molar-refractivity contribution in [1.82, 2.24) is 0 Å². The van der Waals surface area contributed by atoms with Gasteiger partial charge in [-0.15, -0.1) is 0 Å². The Morgan fingerprint density at radius 2 is 1.93 bits per heavy atom. The van der Waals surface area contributed by atoms with Gasteiger partial charge in [-0.25, -0.2) is 0 Å². The summed E-state index contributed by atoms with van der Waals surface area (Å²) in [5.74, 6) is -0.384. The van der Waals surface area contributed by atoms with Crippen LogP contribution in [0.3, 0.4) is 0 Å². The monoisotopic (exact) mass is 210 g/mol. The lowest BCUT2D eigenvalue weighted by Gasteiger charge is -2.27. The van der Waals surface area contributed by atoms with Crippen molar-refractivity contribution in [3.8, 4) is 0 Å². The highest BCUT2D eigenvalue weighted by Crippen LogP contribution is 2.37. The van der Waals surface area contributed by atoms with Crippen molar-refractivity contribution >= 4 is 5.90 Å². The van der Waals surface area contributed by atoms with Crippen LogP contribution in [0, 0.1) is 10.8 Å². The minimum absolute atomic E-state index is 0.384. The minimum Gasteiger partial charge on any atom is -0.477 e. The van der Waals surface area contributed by atoms with Gasteiger partial charge in [-0.3, -0.25) is 5.41 Å². The first-order valence-electron chi connectivity index (χ1n) is 3.87. The summed E-state index contributed by atoms with van der Waals surface area (Å²) in [4.78, 5) is 0. The van der Waals surface area contributed by atoms with Crippen molar-refractivity contribution in [2.45, 2.75) is 20.0 Å². The lowest BCUT2D eigenvalue weighted by molar-refractivity contribution is -0.220. The summed E-state index contributed by atoms with van der Waals surface area (Å²) in [6, 6.07) is 0. The Labute approximate surface area is 80.2 Å². The molecule has 0 atom stereocenters. The number of hydrogen-bond acceptors (Lipinski definition) is 3. The molecule has 6 heteroatoms. The van der Waals surface area contributed by atoms with Gasteiger partial charge >= 0.3 is 6.18 Å². The Bertz CT molecular complexity index is 233. The first-order valence-corrected chi connectivity index (χ1v) is 3.87. The average molecular weight is 210 g/mol. The predicted octanol–water partition coefficient (Wildman–Crippen LogP) is 2.04. The second-order valence-corrected chi connectivity index (χ2v) is 3.39. The molecule has 0 aliphatic carbocycles. The lowest BCUT2D eigenvalue weighted by Crippen LogP contribution is -2.37. The molecule has 0 amide bonds. The van der Waals surface area contributed by atoms with Gasteiger partial charge in [0.2, 0.25) is 5.90 Å². The number of nitrogens with one attached hydrogen (secondary N) is 1. The quantitative estimate of drug-likeness (QED) is 0.553. The maximum absolute atomic E-state index is 12.3. The molecule has 0 bridgehead atoms. The fourth-order valence-electron chi connectivity index (χ4n) is 0.476. The number of ether oxygens (including phenoxy) is 1. The van der Waals surface area contributed by atoms with Crippen molar-refractivity contribution < 1.29 is 17.9 Å². The van der Waals surface area contributed by atoms with Gasteiger partial charge in [0, 0.05) is 6.08 Å². The molecule has 0 heterocycles. The second kappa shape index (κ2) is 4.34. The Hall–Kier alpha value is -1.20. The summed E-state index contributed by atoms with van der Waals surface area (Å²) < 4.78 is 41.4. The second-order valence-electron chi connectivity index (χ2n) is 3.39. The summed E-state index contributed by atoms with van der Waals surface area (Å²) in [5, 5.41) is 7.02. The summed E-state index contributed by atoms with van der Waals surface area (Å²) >= 11 is 0. The van der Waals surface area contributed by atoms with E-state index in [-0.39, 0.29) is 5.90 Å². The molecule has 0 fully saturated rings. The van der Waals surface area contributed by atoms with E-state index in [0.717, 1.165) is 26.1 Å². The van der Waals surface area contributed by atoms with Gasteiger partial charge in [0.15, 0.2) is 0 Å². The fourth-order valence-corrected chi connectivity index (χ4v) is 0.476. The van der Waals surface area contributed by atoms with Crippen molar-refractivity contribution in [1.29, 1.82) is 5.41 Å². The van der Waals surface area contributed by atoms with Crippen LogP contribution in [-0.4, -0.2) is 18.7 Å². The summed E-state index contributed by atoms with van der Waals surface area (Å²) in [7, 11) is 0. The first-order chi connectivity index (χ1) is 6.20. The van der Waals surface area contributed by atoms with E-state index in [4.69, 9.17) is 11.1 Å². The van der Waals surface area contributed by atoms with E-state index in [1.165, 1.54) is 0 Å². The number of halogens is 3. The van der Waals surface area contributed by atoms with Gasteiger partial charge in [0.25, 0.3) is 0 Å². The van der Waals surface area contributed by atoms with E-state index in [9.17, 15) is 13.2 Å². The van der Waals surface area contributed by atoms with Crippen LogP contribution in [0.5, 0.6) is 0 Å². The standard InChI is InChI=1S/C8H13F3N2O/c1-7(2,8(9,10)11)5-14-6(13)3-4-12/h3-4,13H,5,12H2,1-2H3/b4-3-,13-6?. The Morgan fingerprint density at radius 3 is 2.29 bits per heavy atom. The third-order valence-electron chi connectivity index (χ3n) is 1.60. The molecule has 14 heavy (non-hydrogen) atoms. The zero-order chi connectivity index (χ0) is 11.4. The molecule has 3 nitrogen and oxygen atoms in total. The topological polar surface area (TPSA) is 59.1 Å². The zero-order valence-electron chi connectivity index (χ0n) is 7.98. The summed E-state index contributed by atoms with van der Waals surface area (Å²) in [6.07, 6.45) is -2.24. The van der Waals surface area contributed by atoms with Crippen LogP contribution < -0.4 is 5.73 Å². The molecule has 0 aliphatic heterocycles. The van der Waals surface area contributed by atoms with E-state index in [0.29, 0.717) is 0 Å². The van der Waals surface area contributed by atoms with Crippen LogP contribution in [0.15, 0.2) is 12.3 Å². The summed E-state index contributed by atoms with van der Waals surface area (Å²) in [5.41, 5.74) is 2.96. The molecule has 0 spiro atoms. The van der Waals surface area contributed by atoms with E-state index in [1.807, 2.05) is 0 Å². The largest absolute Gasteiger partial charge is 0.477 e. The van der Waals surface area contributed by atoms with Gasteiger partial charge in [-0.1, -0.05) is 0 Å². The van der Waals surface area contributed by atoms with Crippen LogP contribution >= 0.6 is 0 Å². The highest BCUT2D eigenvalue weighted by Gasteiger charge is 2.48. The van der Waals surface area contributed by atoms with Gasteiger partial charge in [-0.05, 0) is 20.0 Å². The maximum atomic E-state index is 12.3. The van der Waals surface area contributed by atoms with Gasteiger partial charge in [-0.2, -0.15) is 13.2 Å². The molecule has 0 radical (unpaired) electrons. The minimum atomic E-state index is -4.35. The molecule has 0 rings (SSSR count). The van der Waals surface area contributed by atoms with E-state index >= 15 is 0 Å². The Morgan fingerprint density at radius 1 is 1.43 bits per heavy atom. The molecule has 0 aromatic heterocycles. The first kappa shape index (κ1) is 12.8. The Kier molecular flexibility index (Phi) is 3.97. The average Bonchev–Trinajstić information content (AvgIpc) is 1.99. The normalized spacial score (nSPS) is 13.2.